The topological polar surface area (TPSA) is 50.9 Å². The van der Waals surface area contributed by atoms with Crippen molar-refractivity contribution in [2.75, 3.05) is 0 Å². The van der Waals surface area contributed by atoms with Crippen LogP contribution < -0.4 is 0 Å². The van der Waals surface area contributed by atoms with Gasteiger partial charge in [0.05, 0.1) is 25.0 Å². The van der Waals surface area contributed by atoms with E-state index in [0.29, 0.717) is 22.6 Å². The van der Waals surface area contributed by atoms with Crippen molar-refractivity contribution in [3.8, 4) is 78.6 Å². The zero-order valence-corrected chi connectivity index (χ0v) is 47.7. The minimum absolute atomic E-state index is 0. The van der Waals surface area contributed by atoms with E-state index in [1.165, 1.54) is 16.7 Å². The van der Waals surface area contributed by atoms with Crippen molar-refractivity contribution < 1.29 is 28.9 Å². The van der Waals surface area contributed by atoms with Crippen molar-refractivity contribution in [1.29, 1.82) is 0 Å². The molecular weight excluding hydrogens is 1070 g/mol. The molecule has 9 rings (SSSR count). The summed E-state index contributed by atoms with van der Waals surface area (Å²) in [6.07, 6.45) is -0.0973. The fourth-order valence-corrected chi connectivity index (χ4v) is 9.75. The Morgan fingerprint density at radius 2 is 1.03 bits per heavy atom. The first-order chi connectivity index (χ1) is 34.6. The van der Waals surface area contributed by atoms with Crippen molar-refractivity contribution in [2.45, 2.75) is 131 Å². The quantitative estimate of drug-likeness (QED) is 0.162. The minimum Gasteiger partial charge on any atom is -0.507 e. The maximum absolute atomic E-state index is 12.6. The molecule has 1 N–H and O–H groups in total. The SMILES string of the molecule is [2H]c1nc(-c2[c-]c(-c3cccc4c3nc(-c3cc(C(C)(C)C)cc(C(C)(C)C)c3O)n4-c3ccc(C(C)(C)C)cc3-c3ccccc3)cc(C(C)(C)C)c2)cc(-c2ccc(-c3ccccc3C(C)(C)C)cc2)c1[2H].[Pt]. The number of rotatable bonds is 7. The molecule has 0 spiro atoms. The molecule has 0 fully saturated rings. The summed E-state index contributed by atoms with van der Waals surface area (Å²) in [5, 5.41) is 12.6. The first kappa shape index (κ1) is 50.2. The van der Waals surface area contributed by atoms with E-state index in [0.717, 1.165) is 72.4 Å². The molecule has 2 heterocycles. The van der Waals surface area contributed by atoms with Gasteiger partial charge in [-0.05, 0) is 102 Å². The van der Waals surface area contributed by atoms with Gasteiger partial charge in [0, 0.05) is 44.1 Å². The van der Waals surface area contributed by atoms with Gasteiger partial charge in [0.25, 0.3) is 0 Å². The summed E-state index contributed by atoms with van der Waals surface area (Å²) >= 11 is 0. The van der Waals surface area contributed by atoms with Crippen LogP contribution in [0.15, 0.2) is 158 Å². The summed E-state index contributed by atoms with van der Waals surface area (Å²) in [7, 11) is 0. The number of pyridine rings is 1. The molecule has 0 aliphatic carbocycles. The number of fused-ring (bicyclic) bond motifs is 1. The van der Waals surface area contributed by atoms with E-state index in [2.05, 4.69) is 254 Å². The van der Waals surface area contributed by atoms with Gasteiger partial charge in [-0.15, -0.1) is 29.3 Å². The molecule has 0 saturated carbocycles. The van der Waals surface area contributed by atoms with Gasteiger partial charge in [-0.2, -0.15) is 0 Å². The van der Waals surface area contributed by atoms with E-state index in [9.17, 15) is 5.11 Å². The third-order valence-corrected chi connectivity index (χ3v) is 14.1. The normalized spacial score (nSPS) is 12.9. The maximum Gasteiger partial charge on any atom is 0.148 e. The number of aromatic nitrogens is 3. The average Bonchev–Trinajstić information content (AvgIpc) is 3.73. The van der Waals surface area contributed by atoms with Crippen molar-refractivity contribution >= 4 is 11.0 Å². The fraction of sp³-hybridized carbons (Fsp3) is 0.294. The van der Waals surface area contributed by atoms with E-state index in [4.69, 9.17) is 12.7 Å². The van der Waals surface area contributed by atoms with Crippen LogP contribution in [0.5, 0.6) is 5.75 Å². The Balaban J connectivity index is 0.00000747. The van der Waals surface area contributed by atoms with Crippen LogP contribution >= 0.6 is 0 Å². The molecule has 7 aromatic carbocycles. The molecule has 73 heavy (non-hydrogen) atoms. The summed E-state index contributed by atoms with van der Waals surface area (Å²) in [5.74, 6) is 0.855. The molecule has 2 aromatic heterocycles. The van der Waals surface area contributed by atoms with Crippen molar-refractivity contribution in [2.24, 2.45) is 0 Å². The van der Waals surface area contributed by atoms with Crippen LogP contribution in [0, 0.1) is 6.07 Å². The van der Waals surface area contributed by atoms with Crippen LogP contribution in [0.25, 0.3) is 83.9 Å². The molecule has 5 heteroatoms. The molecule has 9 aromatic rings. The van der Waals surface area contributed by atoms with Crippen LogP contribution in [0.2, 0.25) is 0 Å². The number of phenolic OH excluding ortho intramolecular Hbond substituents is 1. The van der Waals surface area contributed by atoms with Crippen molar-refractivity contribution in [3.63, 3.8) is 0 Å². The average molecular weight is 1140 g/mol. The number of phenols is 1. The predicted octanol–water partition coefficient (Wildman–Crippen LogP) is 18.4. The van der Waals surface area contributed by atoms with Gasteiger partial charge >= 0.3 is 0 Å². The molecule has 0 aliphatic heterocycles. The predicted molar refractivity (Wildman–Crippen MR) is 305 cm³/mol. The molecule has 4 nitrogen and oxygen atoms in total. The van der Waals surface area contributed by atoms with Crippen LogP contribution in [0.3, 0.4) is 0 Å². The summed E-state index contributed by atoms with van der Waals surface area (Å²) < 4.78 is 20.4. The van der Waals surface area contributed by atoms with Crippen LogP contribution in [-0.4, -0.2) is 19.6 Å². The number of benzene rings is 7. The van der Waals surface area contributed by atoms with Gasteiger partial charge < -0.3 is 5.11 Å². The standard InChI is InChI=1S/C68H72N3O.Pt/c1-64(2,3)49-32-33-59(54(40-49)44-22-17-16-18-23-44)71-60-27-21-25-53(61(60)70-63(71)55-41-51(66(7,8)9)42-57(62(55)72)68(13,14)15)47-36-48(38-50(37-47)65(4,5)6)58-39-46(34-35-69-58)43-28-30-45(31-29-43)52-24-19-20-26-56(52)67(10,11)12;/h16-35,37-42,72H,1-15H3;/q-1;/i34D,35D;. The smallest absolute Gasteiger partial charge is 0.148 e. The van der Waals surface area contributed by atoms with Gasteiger partial charge in [-0.3, -0.25) is 9.55 Å². The number of aromatic hydroxyl groups is 1. The Hall–Kier alpha value is -6.35. The zero-order valence-electron chi connectivity index (χ0n) is 47.5. The molecule has 0 unspecified atom stereocenters. The van der Waals surface area contributed by atoms with E-state index in [-0.39, 0.29) is 66.1 Å². The number of imidazole rings is 1. The number of hydrogen-bond donors (Lipinski definition) is 1. The summed E-state index contributed by atoms with van der Waals surface area (Å²) in [6, 6.07) is 55.0. The number of nitrogens with zero attached hydrogens (tertiary/aromatic N) is 3. The Morgan fingerprint density at radius 1 is 0.466 bits per heavy atom. The van der Waals surface area contributed by atoms with Crippen LogP contribution in [-0.2, 0) is 48.1 Å². The molecule has 376 valence electrons. The minimum atomic E-state index is -0.364. The fourth-order valence-electron chi connectivity index (χ4n) is 9.75. The van der Waals surface area contributed by atoms with Crippen LogP contribution in [0.4, 0.5) is 0 Å². The molecule has 0 amide bonds. The second kappa shape index (κ2) is 19.5. The number of hydrogen-bond acceptors (Lipinski definition) is 3. The molecule has 0 bridgehead atoms. The Morgan fingerprint density at radius 3 is 1.67 bits per heavy atom. The van der Waals surface area contributed by atoms with Gasteiger partial charge in [0.15, 0.2) is 0 Å². The summed E-state index contributed by atoms with van der Waals surface area (Å²) in [5.41, 5.74) is 16.7. The molecular formula is C68H72N3OPt-. The molecule has 0 saturated heterocycles. The Labute approximate surface area is 453 Å². The second-order valence-corrected chi connectivity index (χ2v) is 24.8. The molecule has 0 radical (unpaired) electrons. The van der Waals surface area contributed by atoms with E-state index in [1.807, 2.05) is 6.07 Å². The largest absolute Gasteiger partial charge is 0.507 e. The third kappa shape index (κ3) is 10.7. The molecule has 0 aliphatic rings. The summed E-state index contributed by atoms with van der Waals surface area (Å²) in [4.78, 5) is 10.5. The van der Waals surface area contributed by atoms with Crippen molar-refractivity contribution in [1.82, 2.24) is 14.5 Å². The first-order valence-electron chi connectivity index (χ1n) is 26.5. The third-order valence-electron chi connectivity index (χ3n) is 14.1. The monoisotopic (exact) mass is 1140 g/mol. The van der Waals surface area contributed by atoms with Crippen molar-refractivity contribution in [3.05, 3.63) is 192 Å². The van der Waals surface area contributed by atoms with Gasteiger partial charge in [0.1, 0.15) is 11.6 Å². The van der Waals surface area contributed by atoms with Gasteiger partial charge in [0.2, 0.25) is 0 Å². The van der Waals surface area contributed by atoms with E-state index in [1.54, 1.807) is 0 Å². The Kier molecular flexibility index (Phi) is 13.4. The van der Waals surface area contributed by atoms with Crippen LogP contribution in [0.1, 0.15) is 134 Å². The second-order valence-electron chi connectivity index (χ2n) is 24.8. The van der Waals surface area contributed by atoms with Gasteiger partial charge in [-0.25, -0.2) is 4.98 Å². The molecule has 0 atom stereocenters. The summed E-state index contributed by atoms with van der Waals surface area (Å²) in [6.45, 7) is 33.1. The van der Waals surface area contributed by atoms with E-state index < -0.39 is 0 Å². The maximum atomic E-state index is 12.6. The first-order valence-corrected chi connectivity index (χ1v) is 25.5. The Bertz CT molecular complexity index is 3590. The van der Waals surface area contributed by atoms with Gasteiger partial charge in [-0.1, -0.05) is 224 Å². The van der Waals surface area contributed by atoms with E-state index >= 15 is 0 Å². The zero-order chi connectivity index (χ0) is 53.4. The number of para-hydroxylation sites is 1.